The average molecular weight is 503 g/mol. The molecule has 0 spiro atoms. The molecule has 1 unspecified atom stereocenters. The van der Waals surface area contributed by atoms with Crippen molar-refractivity contribution in [3.8, 4) is 11.5 Å². The van der Waals surface area contributed by atoms with E-state index < -0.39 is 28.4 Å². The lowest BCUT2D eigenvalue weighted by Crippen LogP contribution is -2.29. The summed E-state index contributed by atoms with van der Waals surface area (Å²) in [5.41, 5.74) is 1.22. The zero-order valence-corrected chi connectivity index (χ0v) is 20.6. The number of hydrogen-bond acceptors (Lipinski definition) is 7. The van der Waals surface area contributed by atoms with Crippen molar-refractivity contribution in [2.24, 2.45) is 0 Å². The van der Waals surface area contributed by atoms with E-state index in [9.17, 15) is 24.8 Å². The van der Waals surface area contributed by atoms with Crippen LogP contribution < -0.4 is 9.47 Å². The second kappa shape index (κ2) is 10.5. The number of rotatable bonds is 8. The van der Waals surface area contributed by atoms with Gasteiger partial charge in [-0.05, 0) is 61.4 Å². The minimum atomic E-state index is -0.919. The SMILES string of the molecule is COc1cccc(CN2C(=O)C(=O)/C(=C(/O)c3ccc([N+](=O)[O-])cc3)C2c2cccc(OC(C)C)c2)c1. The number of nitro groups is 1. The summed E-state index contributed by atoms with van der Waals surface area (Å²) < 4.78 is 11.1. The van der Waals surface area contributed by atoms with Crippen LogP contribution in [0.4, 0.5) is 5.69 Å². The van der Waals surface area contributed by atoms with E-state index in [0.717, 1.165) is 5.56 Å². The molecule has 0 bridgehead atoms. The Balaban J connectivity index is 1.85. The van der Waals surface area contributed by atoms with Crippen LogP contribution in [0, 0.1) is 10.1 Å². The number of carbonyl (C=O) groups is 2. The van der Waals surface area contributed by atoms with E-state index in [1.807, 2.05) is 19.9 Å². The number of benzene rings is 3. The van der Waals surface area contributed by atoms with Crippen molar-refractivity contribution in [2.75, 3.05) is 7.11 Å². The van der Waals surface area contributed by atoms with Crippen LogP contribution in [0.15, 0.2) is 78.4 Å². The Kier molecular flexibility index (Phi) is 7.24. The molecule has 1 atom stereocenters. The van der Waals surface area contributed by atoms with Gasteiger partial charge in [0.15, 0.2) is 0 Å². The fraction of sp³-hybridized carbons (Fsp3) is 0.214. The highest BCUT2D eigenvalue weighted by atomic mass is 16.6. The Hall–Kier alpha value is -4.66. The van der Waals surface area contributed by atoms with Crippen molar-refractivity contribution >= 4 is 23.1 Å². The van der Waals surface area contributed by atoms with Crippen molar-refractivity contribution < 1.29 is 29.1 Å². The first kappa shape index (κ1) is 25.4. The fourth-order valence-corrected chi connectivity index (χ4v) is 4.28. The second-order valence-corrected chi connectivity index (χ2v) is 8.82. The Morgan fingerprint density at radius 3 is 2.35 bits per heavy atom. The van der Waals surface area contributed by atoms with Crippen LogP contribution in [0.5, 0.6) is 11.5 Å². The van der Waals surface area contributed by atoms with E-state index in [-0.39, 0.29) is 29.5 Å². The van der Waals surface area contributed by atoms with Crippen molar-refractivity contribution in [3.05, 3.63) is 105 Å². The Morgan fingerprint density at radius 2 is 1.70 bits per heavy atom. The summed E-state index contributed by atoms with van der Waals surface area (Å²) in [6, 6.07) is 18.4. The lowest BCUT2D eigenvalue weighted by atomic mass is 9.95. The quantitative estimate of drug-likeness (QED) is 0.151. The van der Waals surface area contributed by atoms with Gasteiger partial charge < -0.3 is 19.5 Å². The van der Waals surface area contributed by atoms with E-state index in [0.29, 0.717) is 17.1 Å². The van der Waals surface area contributed by atoms with Gasteiger partial charge in [0, 0.05) is 24.2 Å². The molecule has 3 aromatic rings. The Morgan fingerprint density at radius 1 is 1.03 bits per heavy atom. The molecule has 1 amide bonds. The van der Waals surface area contributed by atoms with Gasteiger partial charge in [-0.1, -0.05) is 24.3 Å². The van der Waals surface area contributed by atoms with Gasteiger partial charge in [0.1, 0.15) is 17.3 Å². The summed E-state index contributed by atoms with van der Waals surface area (Å²) in [5, 5.41) is 22.3. The molecule has 0 aromatic heterocycles. The zero-order chi connectivity index (χ0) is 26.7. The molecular weight excluding hydrogens is 476 g/mol. The number of carbonyl (C=O) groups excluding carboxylic acids is 2. The standard InChI is InChI=1S/C28H26N2O7/c1-17(2)37-23-9-5-7-20(15-23)25-24(26(31)19-10-12-21(13-11-19)30(34)35)27(32)28(33)29(25)16-18-6-4-8-22(14-18)36-3/h4-15,17,25,31H,16H2,1-3H3/b26-24+. The number of methoxy groups -OCH3 is 1. The van der Waals surface area contributed by atoms with E-state index in [2.05, 4.69) is 0 Å². The van der Waals surface area contributed by atoms with E-state index in [1.54, 1.807) is 42.5 Å². The Labute approximate surface area is 213 Å². The molecule has 190 valence electrons. The highest BCUT2D eigenvalue weighted by Gasteiger charge is 2.46. The van der Waals surface area contributed by atoms with Gasteiger partial charge in [-0.15, -0.1) is 0 Å². The van der Waals surface area contributed by atoms with Crippen molar-refractivity contribution in [1.82, 2.24) is 4.90 Å². The number of amides is 1. The molecule has 1 aliphatic heterocycles. The highest BCUT2D eigenvalue weighted by Crippen LogP contribution is 2.41. The van der Waals surface area contributed by atoms with Crippen LogP contribution >= 0.6 is 0 Å². The maximum absolute atomic E-state index is 13.3. The van der Waals surface area contributed by atoms with Crippen molar-refractivity contribution in [1.29, 1.82) is 0 Å². The number of ketones is 1. The fourth-order valence-electron chi connectivity index (χ4n) is 4.28. The van der Waals surface area contributed by atoms with Crippen LogP contribution in [-0.4, -0.2) is 39.8 Å². The number of Topliss-reactive ketones (excluding diaryl/α,β-unsaturated/α-hetero) is 1. The molecule has 9 heteroatoms. The molecule has 9 nitrogen and oxygen atoms in total. The molecule has 1 fully saturated rings. The third-order valence-electron chi connectivity index (χ3n) is 5.92. The predicted molar refractivity (Wildman–Crippen MR) is 136 cm³/mol. The molecular formula is C28H26N2O7. The predicted octanol–water partition coefficient (Wildman–Crippen LogP) is 5.01. The molecule has 1 heterocycles. The normalized spacial score (nSPS) is 16.8. The molecule has 4 rings (SSSR count). The summed E-state index contributed by atoms with van der Waals surface area (Å²) in [6.07, 6.45) is -0.0986. The molecule has 0 saturated carbocycles. The molecule has 1 saturated heterocycles. The lowest BCUT2D eigenvalue weighted by molar-refractivity contribution is -0.384. The van der Waals surface area contributed by atoms with Crippen LogP contribution in [0.25, 0.3) is 5.76 Å². The summed E-state index contributed by atoms with van der Waals surface area (Å²) in [6.45, 7) is 3.85. The van der Waals surface area contributed by atoms with E-state index >= 15 is 0 Å². The van der Waals surface area contributed by atoms with Crippen LogP contribution in [0.2, 0.25) is 0 Å². The maximum atomic E-state index is 13.3. The largest absolute Gasteiger partial charge is 0.507 e. The summed E-state index contributed by atoms with van der Waals surface area (Å²) in [7, 11) is 1.54. The van der Waals surface area contributed by atoms with Crippen LogP contribution in [0.1, 0.15) is 36.6 Å². The monoisotopic (exact) mass is 502 g/mol. The molecule has 0 aliphatic carbocycles. The van der Waals surface area contributed by atoms with Gasteiger partial charge in [0.25, 0.3) is 17.4 Å². The number of aliphatic hydroxyl groups is 1. The summed E-state index contributed by atoms with van der Waals surface area (Å²) >= 11 is 0. The number of non-ortho nitro benzene ring substituents is 1. The first-order chi connectivity index (χ1) is 17.7. The minimum Gasteiger partial charge on any atom is -0.507 e. The first-order valence-corrected chi connectivity index (χ1v) is 11.6. The molecule has 37 heavy (non-hydrogen) atoms. The van der Waals surface area contributed by atoms with Gasteiger partial charge in [-0.3, -0.25) is 19.7 Å². The molecule has 3 aromatic carbocycles. The molecule has 0 radical (unpaired) electrons. The molecule has 1 N–H and O–H groups in total. The second-order valence-electron chi connectivity index (χ2n) is 8.82. The third-order valence-corrected chi connectivity index (χ3v) is 5.92. The molecule has 1 aliphatic rings. The number of nitro benzene ring substituents is 1. The Bertz CT molecular complexity index is 1380. The van der Waals surface area contributed by atoms with Gasteiger partial charge in [-0.25, -0.2) is 0 Å². The third kappa shape index (κ3) is 5.30. The maximum Gasteiger partial charge on any atom is 0.295 e. The van der Waals surface area contributed by atoms with Gasteiger partial charge in [0.05, 0.1) is 29.8 Å². The highest BCUT2D eigenvalue weighted by molar-refractivity contribution is 6.46. The number of nitrogens with zero attached hydrogens (tertiary/aromatic N) is 2. The number of aliphatic hydroxyl groups excluding tert-OH is 1. The van der Waals surface area contributed by atoms with Crippen molar-refractivity contribution in [3.63, 3.8) is 0 Å². The van der Waals surface area contributed by atoms with Gasteiger partial charge in [-0.2, -0.15) is 0 Å². The smallest absolute Gasteiger partial charge is 0.295 e. The summed E-state index contributed by atoms with van der Waals surface area (Å²) in [5.74, 6) is -0.884. The number of ether oxygens (including phenoxy) is 2. The average Bonchev–Trinajstić information content (AvgIpc) is 3.13. The number of likely N-dealkylation sites (tertiary alicyclic amines) is 1. The minimum absolute atomic E-state index is 0.0821. The summed E-state index contributed by atoms with van der Waals surface area (Å²) in [4.78, 5) is 38.5. The first-order valence-electron chi connectivity index (χ1n) is 11.6. The van der Waals surface area contributed by atoms with Crippen LogP contribution in [-0.2, 0) is 16.1 Å². The van der Waals surface area contributed by atoms with E-state index in [1.165, 1.54) is 36.3 Å². The number of hydrogen-bond donors (Lipinski definition) is 1. The lowest BCUT2D eigenvalue weighted by Gasteiger charge is -2.26. The van der Waals surface area contributed by atoms with E-state index in [4.69, 9.17) is 9.47 Å². The van der Waals surface area contributed by atoms with Gasteiger partial charge in [0.2, 0.25) is 0 Å². The van der Waals surface area contributed by atoms with Crippen LogP contribution in [0.3, 0.4) is 0 Å². The van der Waals surface area contributed by atoms with Gasteiger partial charge >= 0.3 is 0 Å². The topological polar surface area (TPSA) is 119 Å². The van der Waals surface area contributed by atoms with Crippen molar-refractivity contribution in [2.45, 2.75) is 32.5 Å². The zero-order valence-electron chi connectivity index (χ0n) is 20.6.